The minimum atomic E-state index is 0.327. The minimum Gasteiger partial charge on any atom is -0.308 e. The molecular weight excluding hydrogens is 266 g/mol. The van der Waals surface area contributed by atoms with Gasteiger partial charge in [0.15, 0.2) is 0 Å². The van der Waals surface area contributed by atoms with Crippen LogP contribution in [0.3, 0.4) is 0 Å². The SMILES string of the molecule is CCCNC(c1ccn(C)n1)C1Cc2ccccc2S1. The van der Waals surface area contributed by atoms with Crippen LogP contribution in [0.5, 0.6) is 0 Å². The molecule has 0 amide bonds. The summed E-state index contributed by atoms with van der Waals surface area (Å²) in [6.07, 6.45) is 4.30. The predicted octanol–water partition coefficient (Wildman–Crippen LogP) is 3.18. The molecule has 1 aromatic carbocycles. The fourth-order valence-electron chi connectivity index (χ4n) is 2.72. The molecule has 2 atom stereocenters. The maximum atomic E-state index is 4.61. The molecule has 2 unspecified atom stereocenters. The van der Waals surface area contributed by atoms with Crippen LogP contribution in [0, 0.1) is 0 Å². The number of aryl methyl sites for hydroxylation is 1. The molecule has 0 aliphatic carbocycles. The van der Waals surface area contributed by atoms with E-state index in [-0.39, 0.29) is 0 Å². The highest BCUT2D eigenvalue weighted by atomic mass is 32.2. The fraction of sp³-hybridized carbons (Fsp3) is 0.438. The van der Waals surface area contributed by atoms with Crippen molar-refractivity contribution in [2.45, 2.75) is 36.0 Å². The molecule has 2 aromatic rings. The van der Waals surface area contributed by atoms with E-state index in [1.54, 1.807) is 0 Å². The molecule has 0 saturated heterocycles. The number of nitrogens with zero attached hydrogens (tertiary/aromatic N) is 2. The second kappa shape index (κ2) is 6.02. The highest BCUT2D eigenvalue weighted by Crippen LogP contribution is 2.42. The first-order valence-corrected chi connectivity index (χ1v) is 8.13. The average Bonchev–Trinajstić information content (AvgIpc) is 3.05. The number of benzene rings is 1. The van der Waals surface area contributed by atoms with Gasteiger partial charge < -0.3 is 5.32 Å². The largest absolute Gasteiger partial charge is 0.308 e. The van der Waals surface area contributed by atoms with Gasteiger partial charge in [-0.1, -0.05) is 25.1 Å². The summed E-state index contributed by atoms with van der Waals surface area (Å²) < 4.78 is 1.89. The second-order valence-electron chi connectivity index (χ2n) is 5.31. The van der Waals surface area contributed by atoms with Crippen molar-refractivity contribution in [3.05, 3.63) is 47.8 Å². The zero-order chi connectivity index (χ0) is 13.9. The number of rotatable bonds is 5. The number of nitrogens with one attached hydrogen (secondary N) is 1. The van der Waals surface area contributed by atoms with Crippen molar-refractivity contribution < 1.29 is 0 Å². The summed E-state index contributed by atoms with van der Waals surface area (Å²) in [6, 6.07) is 11.2. The molecule has 0 radical (unpaired) electrons. The third-order valence-electron chi connectivity index (χ3n) is 3.71. The van der Waals surface area contributed by atoms with Crippen LogP contribution in [0.4, 0.5) is 0 Å². The van der Waals surface area contributed by atoms with Crippen LogP contribution in [-0.4, -0.2) is 21.6 Å². The molecule has 1 aromatic heterocycles. The van der Waals surface area contributed by atoms with Gasteiger partial charge in [-0.25, -0.2) is 0 Å². The maximum Gasteiger partial charge on any atom is 0.0805 e. The molecule has 3 nitrogen and oxygen atoms in total. The number of hydrogen-bond acceptors (Lipinski definition) is 3. The van der Waals surface area contributed by atoms with Crippen molar-refractivity contribution >= 4 is 11.8 Å². The van der Waals surface area contributed by atoms with Crippen LogP contribution in [0.1, 0.15) is 30.6 Å². The second-order valence-corrected chi connectivity index (χ2v) is 6.60. The fourth-order valence-corrected chi connectivity index (χ4v) is 4.14. The Labute approximate surface area is 124 Å². The predicted molar refractivity (Wildman–Crippen MR) is 84.0 cm³/mol. The van der Waals surface area contributed by atoms with Crippen LogP contribution >= 0.6 is 11.8 Å². The van der Waals surface area contributed by atoms with E-state index in [4.69, 9.17) is 0 Å². The molecular formula is C16H21N3S. The normalized spacial score (nSPS) is 19.0. The van der Waals surface area contributed by atoms with Gasteiger partial charge in [0.2, 0.25) is 0 Å². The summed E-state index contributed by atoms with van der Waals surface area (Å²) in [7, 11) is 1.98. The highest BCUT2D eigenvalue weighted by Gasteiger charge is 2.31. The Morgan fingerprint density at radius 1 is 1.40 bits per heavy atom. The van der Waals surface area contributed by atoms with Gasteiger partial charge in [-0.15, -0.1) is 11.8 Å². The third kappa shape index (κ3) is 2.76. The van der Waals surface area contributed by atoms with Crippen molar-refractivity contribution in [2.24, 2.45) is 7.05 Å². The molecule has 0 fully saturated rings. The van der Waals surface area contributed by atoms with E-state index < -0.39 is 0 Å². The Balaban J connectivity index is 1.81. The van der Waals surface area contributed by atoms with Crippen LogP contribution in [0.25, 0.3) is 0 Å². The smallest absolute Gasteiger partial charge is 0.0805 e. The van der Waals surface area contributed by atoms with Gasteiger partial charge in [-0.2, -0.15) is 5.10 Å². The average molecular weight is 287 g/mol. The summed E-state index contributed by atoms with van der Waals surface area (Å²) in [5.41, 5.74) is 2.63. The Kier molecular flexibility index (Phi) is 4.13. The van der Waals surface area contributed by atoms with Crippen LogP contribution < -0.4 is 5.32 Å². The quantitative estimate of drug-likeness (QED) is 0.916. The summed E-state index contributed by atoms with van der Waals surface area (Å²) in [6.45, 7) is 3.24. The zero-order valence-corrected chi connectivity index (χ0v) is 12.9. The third-order valence-corrected chi connectivity index (χ3v) is 5.10. The van der Waals surface area contributed by atoms with Crippen LogP contribution in [-0.2, 0) is 13.5 Å². The van der Waals surface area contributed by atoms with Gasteiger partial charge >= 0.3 is 0 Å². The molecule has 0 spiro atoms. The molecule has 2 heterocycles. The Morgan fingerprint density at radius 3 is 2.95 bits per heavy atom. The first kappa shape index (κ1) is 13.7. The van der Waals surface area contributed by atoms with Gasteiger partial charge in [0.1, 0.15) is 0 Å². The molecule has 3 rings (SSSR count). The lowest BCUT2D eigenvalue weighted by Crippen LogP contribution is -2.31. The standard InChI is InChI=1S/C16H21N3S/c1-3-9-17-16(13-8-10-19(2)18-13)15-11-12-6-4-5-7-14(12)20-15/h4-8,10,15-17H,3,9,11H2,1-2H3. The van der Waals surface area contributed by atoms with Gasteiger partial charge in [0.05, 0.1) is 11.7 Å². The number of hydrogen-bond donors (Lipinski definition) is 1. The Hall–Kier alpha value is -1.26. The lowest BCUT2D eigenvalue weighted by atomic mass is 10.0. The van der Waals surface area contributed by atoms with E-state index >= 15 is 0 Å². The molecule has 4 heteroatoms. The summed E-state index contributed by atoms with van der Waals surface area (Å²) in [5, 5.41) is 8.83. The molecule has 1 aliphatic rings. The van der Waals surface area contributed by atoms with E-state index in [0.29, 0.717) is 11.3 Å². The number of thioether (sulfide) groups is 1. The Bertz CT molecular complexity index is 554. The van der Waals surface area contributed by atoms with Gasteiger partial charge in [0, 0.05) is 23.4 Å². The van der Waals surface area contributed by atoms with Crippen molar-refractivity contribution in [3.8, 4) is 0 Å². The molecule has 0 saturated carbocycles. The Morgan fingerprint density at radius 2 is 2.25 bits per heavy atom. The van der Waals surface area contributed by atoms with Crippen LogP contribution in [0.15, 0.2) is 41.4 Å². The summed E-state index contributed by atoms with van der Waals surface area (Å²) in [4.78, 5) is 1.43. The number of fused-ring (bicyclic) bond motifs is 1. The highest BCUT2D eigenvalue weighted by molar-refractivity contribution is 8.00. The summed E-state index contributed by atoms with van der Waals surface area (Å²) >= 11 is 1.99. The van der Waals surface area contributed by atoms with Crippen molar-refractivity contribution in [2.75, 3.05) is 6.54 Å². The monoisotopic (exact) mass is 287 g/mol. The van der Waals surface area contributed by atoms with Crippen molar-refractivity contribution in [3.63, 3.8) is 0 Å². The van der Waals surface area contributed by atoms with Gasteiger partial charge in [0.25, 0.3) is 0 Å². The van der Waals surface area contributed by atoms with Gasteiger partial charge in [-0.05, 0) is 37.1 Å². The minimum absolute atomic E-state index is 0.327. The molecule has 1 aliphatic heterocycles. The lowest BCUT2D eigenvalue weighted by Gasteiger charge is -2.22. The van der Waals surface area contributed by atoms with Crippen molar-refractivity contribution in [1.82, 2.24) is 15.1 Å². The maximum absolute atomic E-state index is 4.61. The van der Waals surface area contributed by atoms with E-state index in [1.165, 1.54) is 10.5 Å². The zero-order valence-electron chi connectivity index (χ0n) is 12.0. The van der Waals surface area contributed by atoms with Crippen LogP contribution in [0.2, 0.25) is 0 Å². The number of aromatic nitrogens is 2. The van der Waals surface area contributed by atoms with E-state index in [1.807, 2.05) is 29.7 Å². The van der Waals surface area contributed by atoms with Crippen molar-refractivity contribution in [1.29, 1.82) is 0 Å². The van der Waals surface area contributed by atoms with E-state index in [0.717, 1.165) is 25.1 Å². The first-order valence-electron chi connectivity index (χ1n) is 7.25. The molecule has 0 bridgehead atoms. The molecule has 106 valence electrons. The molecule has 20 heavy (non-hydrogen) atoms. The summed E-state index contributed by atoms with van der Waals surface area (Å²) in [5.74, 6) is 0. The van der Waals surface area contributed by atoms with Gasteiger partial charge in [-0.3, -0.25) is 4.68 Å². The topological polar surface area (TPSA) is 29.9 Å². The first-order chi connectivity index (χ1) is 9.78. The van der Waals surface area contributed by atoms with E-state index in [9.17, 15) is 0 Å². The molecule has 1 N–H and O–H groups in total. The lowest BCUT2D eigenvalue weighted by molar-refractivity contribution is 0.497. The van der Waals surface area contributed by atoms with E-state index in [2.05, 4.69) is 47.7 Å².